The van der Waals surface area contributed by atoms with Crippen molar-refractivity contribution in [2.75, 3.05) is 0 Å². The van der Waals surface area contributed by atoms with Crippen LogP contribution in [0, 0.1) is 11.8 Å². The van der Waals surface area contributed by atoms with Crippen molar-refractivity contribution < 1.29 is 10.2 Å². The molecule has 4 atom stereocenters. The van der Waals surface area contributed by atoms with Gasteiger partial charge in [-0.3, -0.25) is 0 Å². The molecule has 0 aromatic carbocycles. The smallest absolute Gasteiger partial charge is 0.0572 e. The van der Waals surface area contributed by atoms with Crippen LogP contribution in [0.4, 0.5) is 0 Å². The van der Waals surface area contributed by atoms with E-state index in [0.717, 1.165) is 25.7 Å². The Balaban J connectivity index is 2.09. The topological polar surface area (TPSA) is 40.5 Å². The van der Waals surface area contributed by atoms with Gasteiger partial charge in [-0.25, -0.2) is 0 Å². The van der Waals surface area contributed by atoms with Crippen LogP contribution in [0.2, 0.25) is 0 Å². The molecule has 0 aromatic rings. The molecule has 58 valence electrons. The molecule has 0 spiro atoms. The Bertz CT molecular complexity index is 119. The third kappa shape index (κ3) is 0.789. The van der Waals surface area contributed by atoms with Crippen molar-refractivity contribution >= 4 is 0 Å². The van der Waals surface area contributed by atoms with Crippen LogP contribution in [0.3, 0.4) is 0 Å². The van der Waals surface area contributed by atoms with E-state index in [1.165, 1.54) is 0 Å². The van der Waals surface area contributed by atoms with E-state index < -0.39 is 0 Å². The lowest BCUT2D eigenvalue weighted by molar-refractivity contribution is 0.0988. The molecule has 2 nitrogen and oxygen atoms in total. The minimum Gasteiger partial charge on any atom is -0.393 e. The van der Waals surface area contributed by atoms with E-state index in [4.69, 9.17) is 0 Å². The van der Waals surface area contributed by atoms with Crippen LogP contribution in [0.15, 0.2) is 0 Å². The van der Waals surface area contributed by atoms with Crippen LogP contribution in [0.5, 0.6) is 0 Å². The van der Waals surface area contributed by atoms with Crippen LogP contribution < -0.4 is 0 Å². The monoisotopic (exact) mass is 142 g/mol. The summed E-state index contributed by atoms with van der Waals surface area (Å²) in [5, 5.41) is 18.8. The zero-order valence-corrected chi connectivity index (χ0v) is 6.03. The molecular formula is C8H14O2. The average molecular weight is 142 g/mol. The number of aliphatic hydroxyl groups excluding tert-OH is 2. The van der Waals surface area contributed by atoms with Gasteiger partial charge in [0.2, 0.25) is 0 Å². The third-order valence-corrected chi connectivity index (χ3v) is 3.13. The van der Waals surface area contributed by atoms with Gasteiger partial charge >= 0.3 is 0 Å². The van der Waals surface area contributed by atoms with Crippen molar-refractivity contribution in [3.8, 4) is 0 Å². The molecule has 0 radical (unpaired) electrons. The van der Waals surface area contributed by atoms with Crippen molar-refractivity contribution in [2.45, 2.75) is 37.9 Å². The summed E-state index contributed by atoms with van der Waals surface area (Å²) in [5.74, 6) is 0.852. The average Bonchev–Trinajstić information content (AvgIpc) is 2.41. The van der Waals surface area contributed by atoms with Gasteiger partial charge in [0.05, 0.1) is 12.2 Å². The second-order valence-electron chi connectivity index (χ2n) is 3.62. The summed E-state index contributed by atoms with van der Waals surface area (Å²) in [5.41, 5.74) is 0. The molecule has 0 bridgehead atoms. The molecule has 0 aliphatic heterocycles. The van der Waals surface area contributed by atoms with Crippen LogP contribution in [0.1, 0.15) is 25.7 Å². The summed E-state index contributed by atoms with van der Waals surface area (Å²) in [6.07, 6.45) is 3.67. The molecule has 2 fully saturated rings. The summed E-state index contributed by atoms with van der Waals surface area (Å²) in [6.45, 7) is 0. The minimum atomic E-state index is -0.109. The predicted molar refractivity (Wildman–Crippen MR) is 37.5 cm³/mol. The highest BCUT2D eigenvalue weighted by Crippen LogP contribution is 2.43. The highest BCUT2D eigenvalue weighted by molar-refractivity contribution is 4.93. The molecular weight excluding hydrogens is 128 g/mol. The molecule has 2 aliphatic carbocycles. The molecule has 0 aromatic heterocycles. The van der Waals surface area contributed by atoms with Gasteiger partial charge in [0.15, 0.2) is 0 Å². The second kappa shape index (κ2) is 2.21. The summed E-state index contributed by atoms with van der Waals surface area (Å²) in [4.78, 5) is 0. The molecule has 0 amide bonds. The van der Waals surface area contributed by atoms with Gasteiger partial charge in [0.1, 0.15) is 0 Å². The Hall–Kier alpha value is -0.0800. The quantitative estimate of drug-likeness (QED) is 0.518. The van der Waals surface area contributed by atoms with Gasteiger partial charge in [-0.2, -0.15) is 0 Å². The number of hydrogen-bond acceptors (Lipinski definition) is 2. The molecule has 0 heterocycles. The summed E-state index contributed by atoms with van der Waals surface area (Å²) < 4.78 is 0. The Morgan fingerprint density at radius 3 is 1.50 bits per heavy atom. The predicted octanol–water partition coefficient (Wildman–Crippen LogP) is 0.528. The molecule has 2 aliphatic rings. The maximum absolute atomic E-state index is 9.41. The molecule has 2 heteroatoms. The lowest BCUT2D eigenvalue weighted by atomic mass is 9.98. The number of hydrogen-bond donors (Lipinski definition) is 2. The first-order valence-corrected chi connectivity index (χ1v) is 4.15. The largest absolute Gasteiger partial charge is 0.393 e. The van der Waals surface area contributed by atoms with Crippen LogP contribution in [-0.4, -0.2) is 22.4 Å². The van der Waals surface area contributed by atoms with E-state index in [-0.39, 0.29) is 12.2 Å². The summed E-state index contributed by atoms with van der Waals surface area (Å²) in [7, 11) is 0. The van der Waals surface area contributed by atoms with Crippen molar-refractivity contribution in [3.05, 3.63) is 0 Å². The van der Waals surface area contributed by atoms with Gasteiger partial charge in [0, 0.05) is 0 Å². The molecule has 10 heavy (non-hydrogen) atoms. The Labute approximate surface area is 60.9 Å². The zero-order chi connectivity index (χ0) is 7.14. The Kier molecular flexibility index (Phi) is 1.46. The van der Waals surface area contributed by atoms with E-state index in [1.807, 2.05) is 0 Å². The van der Waals surface area contributed by atoms with Gasteiger partial charge in [0.25, 0.3) is 0 Å². The van der Waals surface area contributed by atoms with E-state index in [9.17, 15) is 10.2 Å². The molecule has 2 saturated carbocycles. The normalized spacial score (nSPS) is 53.4. The fourth-order valence-electron chi connectivity index (χ4n) is 2.54. The number of fused-ring (bicyclic) bond motifs is 1. The maximum atomic E-state index is 9.41. The zero-order valence-electron chi connectivity index (χ0n) is 6.03. The van der Waals surface area contributed by atoms with Gasteiger partial charge in [-0.15, -0.1) is 0 Å². The SMILES string of the molecule is O[C@@H]1CC[C@@H]2[C@H]1CC[C@H]2O. The van der Waals surface area contributed by atoms with E-state index in [2.05, 4.69) is 0 Å². The first-order chi connectivity index (χ1) is 4.79. The Morgan fingerprint density at radius 2 is 1.10 bits per heavy atom. The Morgan fingerprint density at radius 1 is 0.700 bits per heavy atom. The van der Waals surface area contributed by atoms with Crippen molar-refractivity contribution in [1.82, 2.24) is 0 Å². The van der Waals surface area contributed by atoms with E-state index in [0.29, 0.717) is 11.8 Å². The lowest BCUT2D eigenvalue weighted by Crippen LogP contribution is -2.18. The third-order valence-electron chi connectivity index (χ3n) is 3.13. The van der Waals surface area contributed by atoms with Crippen LogP contribution >= 0.6 is 0 Å². The van der Waals surface area contributed by atoms with E-state index in [1.54, 1.807) is 0 Å². The molecule has 2 rings (SSSR count). The van der Waals surface area contributed by atoms with Crippen molar-refractivity contribution in [2.24, 2.45) is 11.8 Å². The fraction of sp³-hybridized carbons (Fsp3) is 1.00. The summed E-state index contributed by atoms with van der Waals surface area (Å²) in [6, 6.07) is 0. The van der Waals surface area contributed by atoms with E-state index >= 15 is 0 Å². The molecule has 0 saturated heterocycles. The number of aliphatic hydroxyl groups is 2. The lowest BCUT2D eigenvalue weighted by Gasteiger charge is -2.13. The second-order valence-corrected chi connectivity index (χ2v) is 3.62. The first kappa shape index (κ1) is 6.62. The van der Waals surface area contributed by atoms with Gasteiger partial charge in [-0.1, -0.05) is 0 Å². The van der Waals surface area contributed by atoms with Gasteiger partial charge < -0.3 is 10.2 Å². The number of rotatable bonds is 0. The highest BCUT2D eigenvalue weighted by Gasteiger charge is 2.43. The fourth-order valence-corrected chi connectivity index (χ4v) is 2.54. The molecule has 2 N–H and O–H groups in total. The van der Waals surface area contributed by atoms with Crippen LogP contribution in [0.25, 0.3) is 0 Å². The first-order valence-electron chi connectivity index (χ1n) is 4.15. The standard InChI is InChI=1S/C8H14O2/c9-7-3-1-5-6(7)2-4-8(5)10/h5-10H,1-4H2/t5-,6-,7-,8-/m1/s1. The minimum absolute atomic E-state index is 0.109. The van der Waals surface area contributed by atoms with Crippen LogP contribution in [-0.2, 0) is 0 Å². The molecule has 0 unspecified atom stereocenters. The highest BCUT2D eigenvalue weighted by atomic mass is 16.3. The summed E-state index contributed by atoms with van der Waals surface area (Å²) >= 11 is 0. The van der Waals surface area contributed by atoms with Crippen molar-refractivity contribution in [1.29, 1.82) is 0 Å². The van der Waals surface area contributed by atoms with Crippen molar-refractivity contribution in [3.63, 3.8) is 0 Å². The maximum Gasteiger partial charge on any atom is 0.0572 e. The van der Waals surface area contributed by atoms with Gasteiger partial charge in [-0.05, 0) is 37.5 Å².